The van der Waals surface area contributed by atoms with Crippen molar-refractivity contribution in [3.63, 3.8) is 0 Å². The van der Waals surface area contributed by atoms with Crippen LogP contribution in [0.3, 0.4) is 0 Å². The molecule has 0 aliphatic carbocycles. The summed E-state index contributed by atoms with van der Waals surface area (Å²) < 4.78 is 0. The van der Waals surface area contributed by atoms with Crippen LogP contribution in [0.2, 0.25) is 0 Å². The molecule has 0 atom stereocenters. The smallest absolute Gasteiger partial charge is 0.272 e. The number of rotatable bonds is 6. The number of nitrogens with one attached hydrogen (secondary N) is 2. The van der Waals surface area contributed by atoms with Crippen molar-refractivity contribution < 1.29 is 9.59 Å². The van der Waals surface area contributed by atoms with Crippen molar-refractivity contribution in [2.45, 2.75) is 19.6 Å². The lowest BCUT2D eigenvalue weighted by molar-refractivity contribution is -0.119. The van der Waals surface area contributed by atoms with Gasteiger partial charge in [0, 0.05) is 11.3 Å². The monoisotopic (exact) mass is 411 g/mol. The van der Waals surface area contributed by atoms with Gasteiger partial charge in [0.1, 0.15) is 9.88 Å². The highest BCUT2D eigenvalue weighted by molar-refractivity contribution is 7.99. The third-order valence-corrected chi connectivity index (χ3v) is 6.13. The van der Waals surface area contributed by atoms with Crippen molar-refractivity contribution in [2.24, 2.45) is 0 Å². The van der Waals surface area contributed by atoms with Crippen molar-refractivity contribution in [3.8, 4) is 10.6 Å². The van der Waals surface area contributed by atoms with Gasteiger partial charge in [0.25, 0.3) is 5.91 Å². The molecule has 0 aliphatic heterocycles. The minimum Gasteiger partial charge on any atom is -0.272 e. The van der Waals surface area contributed by atoms with Gasteiger partial charge in [-0.05, 0) is 19.4 Å². The Bertz CT molecular complexity index is 971. The Morgan fingerprint density at radius 1 is 1.04 bits per heavy atom. The molecule has 1 aromatic heterocycles. The fourth-order valence-corrected chi connectivity index (χ4v) is 4.34. The number of thiazole rings is 1. The van der Waals surface area contributed by atoms with E-state index in [2.05, 4.69) is 21.9 Å². The van der Waals surface area contributed by atoms with Crippen LogP contribution < -0.4 is 10.9 Å². The van der Waals surface area contributed by atoms with E-state index in [0.29, 0.717) is 10.6 Å². The van der Waals surface area contributed by atoms with E-state index in [1.54, 1.807) is 6.92 Å². The van der Waals surface area contributed by atoms with Crippen LogP contribution in [0.5, 0.6) is 0 Å². The lowest BCUT2D eigenvalue weighted by atomic mass is 10.2. The van der Waals surface area contributed by atoms with Crippen LogP contribution >= 0.6 is 23.1 Å². The first-order valence-corrected chi connectivity index (χ1v) is 10.8. The van der Waals surface area contributed by atoms with Gasteiger partial charge in [-0.15, -0.1) is 23.1 Å². The van der Waals surface area contributed by atoms with Crippen molar-refractivity contribution in [1.82, 2.24) is 15.8 Å². The third kappa shape index (κ3) is 5.43. The zero-order chi connectivity index (χ0) is 19.9. The molecular weight excluding hydrogens is 390 g/mol. The van der Waals surface area contributed by atoms with Crippen molar-refractivity contribution in [1.29, 1.82) is 0 Å². The molecule has 28 heavy (non-hydrogen) atoms. The molecule has 2 N–H and O–H groups in total. The Kier molecular flexibility index (Phi) is 6.84. The number of carbonyl (C=O) groups is 2. The minimum atomic E-state index is -0.353. The second-order valence-electron chi connectivity index (χ2n) is 6.28. The molecule has 144 valence electrons. The van der Waals surface area contributed by atoms with Crippen LogP contribution in [0, 0.1) is 13.8 Å². The zero-order valence-electron chi connectivity index (χ0n) is 15.7. The zero-order valence-corrected chi connectivity index (χ0v) is 17.3. The quantitative estimate of drug-likeness (QED) is 0.599. The van der Waals surface area contributed by atoms with Gasteiger partial charge in [0.15, 0.2) is 0 Å². The highest BCUT2D eigenvalue weighted by atomic mass is 32.2. The van der Waals surface area contributed by atoms with E-state index >= 15 is 0 Å². The fourth-order valence-electron chi connectivity index (χ4n) is 2.59. The van der Waals surface area contributed by atoms with Gasteiger partial charge in [-0.2, -0.15) is 0 Å². The summed E-state index contributed by atoms with van der Waals surface area (Å²) in [6.45, 7) is 3.83. The van der Waals surface area contributed by atoms with Gasteiger partial charge < -0.3 is 0 Å². The topological polar surface area (TPSA) is 71.1 Å². The van der Waals surface area contributed by atoms with Crippen molar-refractivity contribution >= 4 is 34.9 Å². The number of amides is 2. The summed E-state index contributed by atoms with van der Waals surface area (Å²) in [5.41, 5.74) is 8.94. The fraction of sp³-hybridized carbons (Fsp3) is 0.190. The number of hydrogen-bond donors (Lipinski definition) is 2. The van der Waals surface area contributed by atoms with Gasteiger partial charge in [-0.25, -0.2) is 4.98 Å². The lowest BCUT2D eigenvalue weighted by Gasteiger charge is -2.07. The molecule has 2 aromatic carbocycles. The number of hydrazine groups is 1. The molecule has 0 saturated heterocycles. The summed E-state index contributed by atoms with van der Waals surface area (Å²) >= 11 is 2.81. The number of aromatic nitrogens is 1. The normalized spacial score (nSPS) is 10.5. The maximum atomic E-state index is 12.4. The van der Waals surface area contributed by atoms with Gasteiger partial charge in [-0.3, -0.25) is 20.4 Å². The molecule has 0 bridgehead atoms. The molecule has 0 radical (unpaired) electrons. The molecule has 0 unspecified atom stereocenters. The Balaban J connectivity index is 1.48. The first-order chi connectivity index (χ1) is 13.5. The van der Waals surface area contributed by atoms with E-state index < -0.39 is 0 Å². The van der Waals surface area contributed by atoms with Crippen LogP contribution in [0.25, 0.3) is 10.6 Å². The van der Waals surface area contributed by atoms with Crippen LogP contribution in [0.15, 0.2) is 54.6 Å². The van der Waals surface area contributed by atoms with Gasteiger partial charge in [-0.1, -0.05) is 60.2 Å². The summed E-state index contributed by atoms with van der Waals surface area (Å²) in [7, 11) is 0. The van der Waals surface area contributed by atoms with E-state index in [1.807, 2.05) is 55.5 Å². The number of carbonyl (C=O) groups excluding carboxylic acids is 2. The van der Waals surface area contributed by atoms with E-state index in [-0.39, 0.29) is 17.6 Å². The molecule has 3 rings (SSSR count). The average molecular weight is 412 g/mol. The number of benzene rings is 2. The maximum absolute atomic E-state index is 12.4. The van der Waals surface area contributed by atoms with Gasteiger partial charge in [0.2, 0.25) is 5.91 Å². The average Bonchev–Trinajstić information content (AvgIpc) is 3.09. The van der Waals surface area contributed by atoms with Gasteiger partial charge >= 0.3 is 0 Å². The molecule has 7 heteroatoms. The summed E-state index contributed by atoms with van der Waals surface area (Å²) in [6.07, 6.45) is 0. The Labute approximate surface area is 172 Å². The Morgan fingerprint density at radius 3 is 2.57 bits per heavy atom. The molecular formula is C21H21N3O2S2. The minimum absolute atomic E-state index is 0.239. The molecule has 0 aliphatic rings. The maximum Gasteiger partial charge on any atom is 0.281 e. The van der Waals surface area contributed by atoms with E-state index in [1.165, 1.54) is 34.2 Å². The van der Waals surface area contributed by atoms with Crippen LogP contribution in [-0.4, -0.2) is 22.6 Å². The molecule has 0 fully saturated rings. The number of hydrogen-bond acceptors (Lipinski definition) is 5. The number of aryl methyl sites for hydroxylation is 2. The standard InChI is InChI=1S/C21H21N3O2S2/c1-14-7-6-8-16(11-14)12-27-13-18(25)23-24-20(26)19-15(2)22-21(28-19)17-9-4-3-5-10-17/h3-11H,12-13H2,1-2H3,(H,23,25)(H,24,26). The predicted molar refractivity (Wildman–Crippen MR) is 115 cm³/mol. The molecule has 2 amide bonds. The summed E-state index contributed by atoms with van der Waals surface area (Å²) in [5, 5.41) is 0.781. The molecule has 0 spiro atoms. The first-order valence-electron chi connectivity index (χ1n) is 8.78. The van der Waals surface area contributed by atoms with Crippen molar-refractivity contribution in [2.75, 3.05) is 5.75 Å². The summed E-state index contributed by atoms with van der Waals surface area (Å²) in [4.78, 5) is 29.3. The molecule has 5 nitrogen and oxygen atoms in total. The van der Waals surface area contributed by atoms with E-state index in [4.69, 9.17) is 0 Å². The van der Waals surface area contributed by atoms with E-state index in [0.717, 1.165) is 16.3 Å². The summed E-state index contributed by atoms with van der Waals surface area (Å²) in [5.74, 6) is 0.424. The highest BCUT2D eigenvalue weighted by Gasteiger charge is 2.16. The number of nitrogens with zero attached hydrogens (tertiary/aromatic N) is 1. The Morgan fingerprint density at radius 2 is 1.82 bits per heavy atom. The molecule has 1 heterocycles. The largest absolute Gasteiger partial charge is 0.281 e. The SMILES string of the molecule is Cc1cccc(CSCC(=O)NNC(=O)c2sc(-c3ccccc3)nc2C)c1. The summed E-state index contributed by atoms with van der Waals surface area (Å²) in [6, 6.07) is 17.9. The second kappa shape index (κ2) is 9.52. The van der Waals surface area contributed by atoms with E-state index in [9.17, 15) is 9.59 Å². The van der Waals surface area contributed by atoms with Crippen LogP contribution in [0.1, 0.15) is 26.5 Å². The Hall–Kier alpha value is -2.64. The molecule has 0 saturated carbocycles. The molecule has 3 aromatic rings. The lowest BCUT2D eigenvalue weighted by Crippen LogP contribution is -2.42. The number of thioether (sulfide) groups is 1. The first kappa shape index (κ1) is 20.1. The third-order valence-electron chi connectivity index (χ3n) is 3.92. The van der Waals surface area contributed by atoms with Crippen molar-refractivity contribution in [3.05, 3.63) is 76.3 Å². The highest BCUT2D eigenvalue weighted by Crippen LogP contribution is 2.27. The predicted octanol–water partition coefficient (Wildman–Crippen LogP) is 4.12. The van der Waals surface area contributed by atoms with Crippen LogP contribution in [-0.2, 0) is 10.5 Å². The second-order valence-corrected chi connectivity index (χ2v) is 8.27. The van der Waals surface area contributed by atoms with Gasteiger partial charge in [0.05, 0.1) is 11.4 Å². The van der Waals surface area contributed by atoms with Crippen LogP contribution in [0.4, 0.5) is 0 Å².